The number of aromatic nitrogens is 1. The van der Waals surface area contributed by atoms with E-state index in [0.717, 1.165) is 0 Å². The van der Waals surface area contributed by atoms with Gasteiger partial charge in [-0.2, -0.15) is 0 Å². The number of methoxy groups -OCH3 is 1. The number of anilines is 1. The van der Waals surface area contributed by atoms with Crippen LogP contribution in [-0.4, -0.2) is 48.8 Å². The first-order valence-electron chi connectivity index (χ1n) is 8.89. The van der Waals surface area contributed by atoms with E-state index in [1.54, 1.807) is 36.6 Å². The van der Waals surface area contributed by atoms with E-state index < -0.39 is 5.91 Å². The number of carbonyl (C=O) groups excluding carboxylic acids is 3. The summed E-state index contributed by atoms with van der Waals surface area (Å²) in [5.74, 6) is -0.388. The number of nitrogens with two attached hydrogens (primary N) is 1. The number of carbonyl (C=O) groups is 3. The van der Waals surface area contributed by atoms with Gasteiger partial charge >= 0.3 is 5.97 Å². The highest BCUT2D eigenvalue weighted by Crippen LogP contribution is 2.30. The molecule has 0 radical (unpaired) electrons. The van der Waals surface area contributed by atoms with Crippen molar-refractivity contribution in [3.05, 3.63) is 35.3 Å². The molecule has 10 heteroatoms. The number of rotatable bonds is 11. The van der Waals surface area contributed by atoms with Gasteiger partial charge in [0.05, 0.1) is 37.3 Å². The van der Waals surface area contributed by atoms with E-state index >= 15 is 0 Å². The number of benzene rings is 1. The van der Waals surface area contributed by atoms with Crippen molar-refractivity contribution in [3.8, 4) is 5.75 Å². The molecule has 0 unspecified atom stereocenters. The van der Waals surface area contributed by atoms with Crippen LogP contribution in [0.3, 0.4) is 0 Å². The summed E-state index contributed by atoms with van der Waals surface area (Å²) < 4.78 is 10.9. The molecule has 0 aliphatic heterocycles. The number of esters is 1. The third-order valence-corrected chi connectivity index (χ3v) is 5.79. The van der Waals surface area contributed by atoms with E-state index in [0.29, 0.717) is 28.1 Å². The van der Waals surface area contributed by atoms with Crippen LogP contribution in [0.1, 0.15) is 19.0 Å². The Bertz CT molecular complexity index is 856. The van der Waals surface area contributed by atoms with Gasteiger partial charge in [-0.1, -0.05) is 23.9 Å². The summed E-state index contributed by atoms with van der Waals surface area (Å²) in [7, 11) is 1.52. The molecule has 0 saturated heterocycles. The van der Waals surface area contributed by atoms with Crippen LogP contribution in [0, 0.1) is 0 Å². The molecule has 0 saturated carbocycles. The first-order valence-corrected chi connectivity index (χ1v) is 10.8. The van der Waals surface area contributed by atoms with Gasteiger partial charge in [0.15, 0.2) is 4.34 Å². The van der Waals surface area contributed by atoms with Crippen molar-refractivity contribution in [2.24, 2.45) is 5.73 Å². The molecule has 0 bridgehead atoms. The molecule has 2 amide bonds. The average molecular weight is 438 g/mol. The van der Waals surface area contributed by atoms with Crippen molar-refractivity contribution in [1.82, 2.24) is 4.98 Å². The summed E-state index contributed by atoms with van der Waals surface area (Å²) in [6.07, 6.45) is 0.139. The van der Waals surface area contributed by atoms with Crippen molar-refractivity contribution in [2.75, 3.05) is 30.9 Å². The highest BCUT2D eigenvalue weighted by atomic mass is 32.2. The molecule has 29 heavy (non-hydrogen) atoms. The molecule has 0 aliphatic rings. The number of para-hydroxylation sites is 2. The van der Waals surface area contributed by atoms with Crippen molar-refractivity contribution in [3.63, 3.8) is 0 Å². The number of ether oxygens (including phenoxy) is 2. The van der Waals surface area contributed by atoms with Crippen LogP contribution in [-0.2, 0) is 25.5 Å². The first kappa shape index (κ1) is 22.7. The maximum absolute atomic E-state index is 12.9. The minimum atomic E-state index is -0.492. The molecular formula is C19H23N3O5S2. The zero-order valence-corrected chi connectivity index (χ0v) is 17.9. The fourth-order valence-corrected chi connectivity index (χ4v) is 4.17. The number of thiazole rings is 1. The summed E-state index contributed by atoms with van der Waals surface area (Å²) in [6, 6.07) is 7.09. The second-order valence-electron chi connectivity index (χ2n) is 5.81. The van der Waals surface area contributed by atoms with Crippen molar-refractivity contribution in [1.29, 1.82) is 0 Å². The van der Waals surface area contributed by atoms with Crippen LogP contribution in [0.4, 0.5) is 5.69 Å². The van der Waals surface area contributed by atoms with E-state index in [1.807, 2.05) is 0 Å². The van der Waals surface area contributed by atoms with Gasteiger partial charge in [0.25, 0.3) is 0 Å². The molecule has 1 heterocycles. The molecule has 2 N–H and O–H groups in total. The Morgan fingerprint density at radius 2 is 2.03 bits per heavy atom. The fourth-order valence-electron chi connectivity index (χ4n) is 2.45. The van der Waals surface area contributed by atoms with Crippen LogP contribution in [0.2, 0.25) is 0 Å². The van der Waals surface area contributed by atoms with Crippen LogP contribution in [0.5, 0.6) is 5.75 Å². The number of hydrogen-bond donors (Lipinski definition) is 1. The molecule has 156 valence electrons. The normalized spacial score (nSPS) is 10.4. The molecule has 2 aromatic rings. The highest BCUT2D eigenvalue weighted by molar-refractivity contribution is 8.01. The summed E-state index contributed by atoms with van der Waals surface area (Å²) in [4.78, 5) is 41.5. The monoisotopic (exact) mass is 437 g/mol. The summed E-state index contributed by atoms with van der Waals surface area (Å²) >= 11 is 2.63. The largest absolute Gasteiger partial charge is 0.495 e. The summed E-state index contributed by atoms with van der Waals surface area (Å²) in [5, 5.41) is 1.77. The first-order chi connectivity index (χ1) is 13.9. The van der Waals surface area contributed by atoms with E-state index in [4.69, 9.17) is 15.2 Å². The Hall–Kier alpha value is -2.59. The van der Waals surface area contributed by atoms with Gasteiger partial charge in [-0.05, 0) is 19.1 Å². The van der Waals surface area contributed by atoms with Crippen molar-refractivity contribution < 1.29 is 23.9 Å². The van der Waals surface area contributed by atoms with E-state index in [9.17, 15) is 14.4 Å². The van der Waals surface area contributed by atoms with Gasteiger partial charge in [0.1, 0.15) is 5.75 Å². The second-order valence-corrected chi connectivity index (χ2v) is 7.89. The van der Waals surface area contributed by atoms with E-state index in [-0.39, 0.29) is 37.0 Å². The Morgan fingerprint density at radius 1 is 1.28 bits per heavy atom. The summed E-state index contributed by atoms with van der Waals surface area (Å²) in [5.41, 5.74) is 6.44. The topological polar surface area (TPSA) is 112 Å². The Balaban J connectivity index is 2.05. The zero-order valence-electron chi connectivity index (χ0n) is 16.3. The highest BCUT2D eigenvalue weighted by Gasteiger charge is 2.20. The number of primary amides is 1. The van der Waals surface area contributed by atoms with Gasteiger partial charge in [0.2, 0.25) is 11.8 Å². The molecule has 8 nitrogen and oxygen atoms in total. The number of nitrogens with zero attached hydrogens (tertiary/aromatic N) is 2. The molecule has 0 spiro atoms. The van der Waals surface area contributed by atoms with E-state index in [1.165, 1.54) is 35.1 Å². The van der Waals surface area contributed by atoms with Gasteiger partial charge in [-0.15, -0.1) is 11.3 Å². The van der Waals surface area contributed by atoms with Gasteiger partial charge in [0, 0.05) is 18.3 Å². The van der Waals surface area contributed by atoms with E-state index in [2.05, 4.69) is 4.98 Å². The standard InChI is InChI=1S/C19H23N3O5S2/c1-3-27-18(25)10-13-11-28-19(21-13)29-12-17(24)22(9-8-16(20)23)14-6-4-5-7-15(14)26-2/h4-7,11H,3,8-10,12H2,1-2H3,(H2,20,23). The molecule has 0 fully saturated rings. The number of thioether (sulfide) groups is 1. The minimum Gasteiger partial charge on any atom is -0.495 e. The minimum absolute atomic E-state index is 0.0371. The smallest absolute Gasteiger partial charge is 0.311 e. The molecular weight excluding hydrogens is 414 g/mol. The van der Waals surface area contributed by atoms with Crippen molar-refractivity contribution in [2.45, 2.75) is 24.1 Å². The number of hydrogen-bond acceptors (Lipinski definition) is 8. The lowest BCUT2D eigenvalue weighted by molar-refractivity contribution is -0.142. The Morgan fingerprint density at radius 3 is 2.72 bits per heavy atom. The van der Waals surface area contributed by atoms with Crippen LogP contribution in [0.15, 0.2) is 34.0 Å². The maximum Gasteiger partial charge on any atom is 0.311 e. The number of amides is 2. The Kier molecular flexibility index (Phi) is 8.94. The van der Waals surface area contributed by atoms with Gasteiger partial charge < -0.3 is 20.1 Å². The predicted molar refractivity (Wildman–Crippen MR) is 112 cm³/mol. The van der Waals surface area contributed by atoms with Gasteiger partial charge in [-0.3, -0.25) is 14.4 Å². The molecule has 0 aliphatic carbocycles. The van der Waals surface area contributed by atoms with Crippen molar-refractivity contribution >= 4 is 46.6 Å². The molecule has 0 atom stereocenters. The third-order valence-electron chi connectivity index (χ3n) is 3.74. The lowest BCUT2D eigenvalue weighted by atomic mass is 10.2. The van der Waals surface area contributed by atoms with Crippen LogP contribution >= 0.6 is 23.1 Å². The fraction of sp³-hybridized carbons (Fsp3) is 0.368. The Labute approximate surface area is 177 Å². The van der Waals surface area contributed by atoms with Crippen LogP contribution in [0.25, 0.3) is 0 Å². The lowest BCUT2D eigenvalue weighted by Crippen LogP contribution is -2.35. The molecule has 1 aromatic carbocycles. The SMILES string of the molecule is CCOC(=O)Cc1csc(SCC(=O)N(CCC(N)=O)c2ccccc2OC)n1. The third kappa shape index (κ3) is 7.06. The zero-order chi connectivity index (χ0) is 21.2. The van der Waals surface area contributed by atoms with Gasteiger partial charge in [-0.25, -0.2) is 4.98 Å². The second kappa shape index (κ2) is 11.4. The molecule has 2 rings (SSSR count). The molecule has 1 aromatic heterocycles. The van der Waals surface area contributed by atoms with Crippen LogP contribution < -0.4 is 15.4 Å². The average Bonchev–Trinajstić information content (AvgIpc) is 3.14. The summed E-state index contributed by atoms with van der Waals surface area (Å²) in [6.45, 7) is 2.22. The predicted octanol–water partition coefficient (Wildman–Crippen LogP) is 2.26. The quantitative estimate of drug-likeness (QED) is 0.424. The lowest BCUT2D eigenvalue weighted by Gasteiger charge is -2.24. The maximum atomic E-state index is 12.9.